The monoisotopic (exact) mass is 415 g/mol. The third kappa shape index (κ3) is 5.58. The SMILES string of the molecule is COCCCNC(=S)N(Cc1cc2cc(C)cc(C)c2[nH]c1=O)C1CCCCC1. The molecule has 0 bridgehead atoms. The van der Waals surface area contributed by atoms with Crippen molar-refractivity contribution >= 4 is 28.2 Å². The Morgan fingerprint density at radius 1 is 1.24 bits per heavy atom. The molecule has 0 aliphatic heterocycles. The van der Waals surface area contributed by atoms with Crippen molar-refractivity contribution in [2.24, 2.45) is 0 Å². The quantitative estimate of drug-likeness (QED) is 0.525. The summed E-state index contributed by atoms with van der Waals surface area (Å²) in [6, 6.07) is 6.66. The molecule has 1 aliphatic carbocycles. The Labute approximate surface area is 178 Å². The van der Waals surface area contributed by atoms with E-state index in [0.717, 1.165) is 52.9 Å². The summed E-state index contributed by atoms with van der Waals surface area (Å²) in [5.41, 5.74) is 3.98. The van der Waals surface area contributed by atoms with Crippen molar-refractivity contribution in [1.82, 2.24) is 15.2 Å². The summed E-state index contributed by atoms with van der Waals surface area (Å²) in [6.07, 6.45) is 6.89. The van der Waals surface area contributed by atoms with Crippen molar-refractivity contribution in [1.29, 1.82) is 0 Å². The number of nitrogens with zero attached hydrogens (tertiary/aromatic N) is 1. The number of fused-ring (bicyclic) bond motifs is 1. The Balaban J connectivity index is 1.85. The summed E-state index contributed by atoms with van der Waals surface area (Å²) in [6.45, 7) is 6.16. The Morgan fingerprint density at radius 2 is 2.00 bits per heavy atom. The molecule has 0 unspecified atom stereocenters. The molecule has 5 nitrogen and oxygen atoms in total. The molecular formula is C23H33N3O2S. The number of benzene rings is 1. The molecule has 0 saturated heterocycles. The molecule has 0 spiro atoms. The first-order chi connectivity index (χ1) is 14.0. The van der Waals surface area contributed by atoms with E-state index >= 15 is 0 Å². The van der Waals surface area contributed by atoms with Gasteiger partial charge in [-0.1, -0.05) is 30.9 Å². The molecule has 6 heteroatoms. The first-order valence-electron chi connectivity index (χ1n) is 10.7. The second-order valence-electron chi connectivity index (χ2n) is 8.17. The minimum absolute atomic E-state index is 0.0209. The van der Waals surface area contributed by atoms with Gasteiger partial charge in [0.15, 0.2) is 5.11 Å². The number of pyridine rings is 1. The van der Waals surface area contributed by atoms with Crippen molar-refractivity contribution in [2.45, 2.75) is 65.0 Å². The molecule has 2 aromatic rings. The first kappa shape index (κ1) is 21.8. The number of aromatic nitrogens is 1. The summed E-state index contributed by atoms with van der Waals surface area (Å²) < 4.78 is 5.13. The van der Waals surface area contributed by atoms with Crippen LogP contribution in [0.25, 0.3) is 10.9 Å². The van der Waals surface area contributed by atoms with Gasteiger partial charge in [0.2, 0.25) is 0 Å². The second-order valence-corrected chi connectivity index (χ2v) is 8.55. The lowest BCUT2D eigenvalue weighted by molar-refractivity contribution is 0.194. The van der Waals surface area contributed by atoms with Gasteiger partial charge in [0.1, 0.15) is 0 Å². The Hall–Kier alpha value is -1.92. The van der Waals surface area contributed by atoms with Gasteiger partial charge in [0, 0.05) is 31.9 Å². The van der Waals surface area contributed by atoms with Gasteiger partial charge in [-0.15, -0.1) is 0 Å². The fraction of sp³-hybridized carbons (Fsp3) is 0.565. The third-order valence-electron chi connectivity index (χ3n) is 5.79. The largest absolute Gasteiger partial charge is 0.385 e. The number of aryl methyl sites for hydroxylation is 2. The third-order valence-corrected chi connectivity index (χ3v) is 6.17. The topological polar surface area (TPSA) is 57.4 Å². The predicted molar refractivity (Wildman–Crippen MR) is 124 cm³/mol. The summed E-state index contributed by atoms with van der Waals surface area (Å²) in [5.74, 6) is 0. The smallest absolute Gasteiger partial charge is 0.253 e. The molecule has 1 aliphatic rings. The van der Waals surface area contributed by atoms with Gasteiger partial charge in [0.05, 0.1) is 12.1 Å². The van der Waals surface area contributed by atoms with Crippen LogP contribution in [-0.4, -0.2) is 41.3 Å². The molecule has 0 atom stereocenters. The fourth-order valence-electron chi connectivity index (χ4n) is 4.31. The van der Waals surface area contributed by atoms with Crippen LogP contribution >= 0.6 is 12.2 Å². The summed E-state index contributed by atoms with van der Waals surface area (Å²) >= 11 is 5.75. The van der Waals surface area contributed by atoms with E-state index in [9.17, 15) is 4.79 Å². The molecule has 0 radical (unpaired) electrons. The number of nitrogens with one attached hydrogen (secondary N) is 2. The van der Waals surface area contributed by atoms with E-state index in [1.165, 1.54) is 24.8 Å². The van der Waals surface area contributed by atoms with E-state index in [1.807, 2.05) is 13.0 Å². The van der Waals surface area contributed by atoms with E-state index in [1.54, 1.807) is 7.11 Å². The zero-order valence-electron chi connectivity index (χ0n) is 17.8. The second kappa shape index (κ2) is 10.2. The Bertz CT molecular complexity index is 903. The van der Waals surface area contributed by atoms with Gasteiger partial charge in [-0.3, -0.25) is 4.79 Å². The van der Waals surface area contributed by atoms with Crippen LogP contribution in [0.5, 0.6) is 0 Å². The molecule has 0 amide bonds. The molecule has 1 fully saturated rings. The van der Waals surface area contributed by atoms with E-state index in [-0.39, 0.29) is 5.56 Å². The van der Waals surface area contributed by atoms with E-state index < -0.39 is 0 Å². The van der Waals surface area contributed by atoms with E-state index in [0.29, 0.717) is 19.2 Å². The van der Waals surface area contributed by atoms with Gasteiger partial charge in [-0.2, -0.15) is 0 Å². The summed E-state index contributed by atoms with van der Waals surface area (Å²) in [5, 5.41) is 5.20. The van der Waals surface area contributed by atoms with Crippen LogP contribution in [0.2, 0.25) is 0 Å². The van der Waals surface area contributed by atoms with Crippen molar-refractivity contribution in [3.8, 4) is 0 Å². The molecular weight excluding hydrogens is 382 g/mol. The standard InChI is InChI=1S/C23H33N3O2S/c1-16-12-17(2)21-18(13-16)14-19(22(27)25-21)15-26(20-8-5-4-6-9-20)23(29)24-10-7-11-28-3/h12-14,20H,4-11,15H2,1-3H3,(H,24,29)(H,25,27). The van der Waals surface area contributed by atoms with Crippen LogP contribution in [0.1, 0.15) is 55.2 Å². The van der Waals surface area contributed by atoms with Gasteiger partial charge in [-0.05, 0) is 68.4 Å². The minimum atomic E-state index is -0.0209. The lowest BCUT2D eigenvalue weighted by atomic mass is 9.94. The Kier molecular flexibility index (Phi) is 7.67. The molecule has 3 rings (SSSR count). The molecule has 29 heavy (non-hydrogen) atoms. The van der Waals surface area contributed by atoms with Gasteiger partial charge in [0.25, 0.3) is 5.56 Å². The molecule has 1 aromatic heterocycles. The number of rotatable bonds is 7. The lowest BCUT2D eigenvalue weighted by Gasteiger charge is -2.36. The molecule has 1 aromatic carbocycles. The van der Waals surface area contributed by atoms with Crippen LogP contribution in [0.3, 0.4) is 0 Å². The van der Waals surface area contributed by atoms with Crippen molar-refractivity contribution in [3.05, 3.63) is 45.2 Å². The number of H-pyrrole nitrogens is 1. The van der Waals surface area contributed by atoms with Crippen LogP contribution in [0.15, 0.2) is 23.0 Å². The molecule has 2 N–H and O–H groups in total. The number of hydrogen-bond acceptors (Lipinski definition) is 3. The van der Waals surface area contributed by atoms with E-state index in [4.69, 9.17) is 17.0 Å². The van der Waals surface area contributed by atoms with Crippen LogP contribution in [0, 0.1) is 13.8 Å². The summed E-state index contributed by atoms with van der Waals surface area (Å²) in [4.78, 5) is 18.2. The highest BCUT2D eigenvalue weighted by Gasteiger charge is 2.24. The lowest BCUT2D eigenvalue weighted by Crippen LogP contribution is -2.47. The highest BCUT2D eigenvalue weighted by molar-refractivity contribution is 7.80. The number of thiocarbonyl (C=S) groups is 1. The maximum absolute atomic E-state index is 12.8. The molecule has 158 valence electrons. The number of hydrogen-bond donors (Lipinski definition) is 2. The molecule has 1 heterocycles. The number of ether oxygens (including phenoxy) is 1. The van der Waals surface area contributed by atoms with Gasteiger partial charge in [-0.25, -0.2) is 0 Å². The average molecular weight is 416 g/mol. The maximum Gasteiger partial charge on any atom is 0.253 e. The normalized spacial score (nSPS) is 14.9. The first-order valence-corrected chi connectivity index (χ1v) is 11.1. The zero-order valence-corrected chi connectivity index (χ0v) is 18.7. The maximum atomic E-state index is 12.8. The average Bonchev–Trinajstić information content (AvgIpc) is 2.70. The van der Waals surface area contributed by atoms with Crippen LogP contribution in [0.4, 0.5) is 0 Å². The zero-order chi connectivity index (χ0) is 20.8. The number of aromatic amines is 1. The highest BCUT2D eigenvalue weighted by atomic mass is 32.1. The van der Waals surface area contributed by atoms with E-state index in [2.05, 4.69) is 34.3 Å². The minimum Gasteiger partial charge on any atom is -0.385 e. The highest BCUT2D eigenvalue weighted by Crippen LogP contribution is 2.25. The molecule has 1 saturated carbocycles. The van der Waals surface area contributed by atoms with Gasteiger partial charge < -0.3 is 19.9 Å². The van der Waals surface area contributed by atoms with Gasteiger partial charge >= 0.3 is 0 Å². The number of methoxy groups -OCH3 is 1. The van der Waals surface area contributed by atoms with Crippen molar-refractivity contribution in [3.63, 3.8) is 0 Å². The summed E-state index contributed by atoms with van der Waals surface area (Å²) in [7, 11) is 1.71. The van der Waals surface area contributed by atoms with Crippen LogP contribution < -0.4 is 10.9 Å². The fourth-order valence-corrected chi connectivity index (χ4v) is 4.62. The van der Waals surface area contributed by atoms with Crippen molar-refractivity contribution < 1.29 is 4.74 Å². The predicted octanol–water partition coefficient (Wildman–Crippen LogP) is 4.19. The van der Waals surface area contributed by atoms with Crippen LogP contribution in [-0.2, 0) is 11.3 Å². The Morgan fingerprint density at radius 3 is 2.72 bits per heavy atom. The van der Waals surface area contributed by atoms with Crippen molar-refractivity contribution in [2.75, 3.05) is 20.3 Å².